The Bertz CT molecular complexity index is 267. The van der Waals surface area contributed by atoms with Crippen molar-refractivity contribution in [2.24, 2.45) is 11.8 Å². The van der Waals surface area contributed by atoms with Gasteiger partial charge in [0.2, 0.25) is 0 Å². The fourth-order valence-corrected chi connectivity index (χ4v) is 2.95. The number of carboxylic acids is 1. The van der Waals surface area contributed by atoms with Gasteiger partial charge in [-0.05, 0) is 24.7 Å². The summed E-state index contributed by atoms with van der Waals surface area (Å²) in [5, 5.41) is 8.74. The third kappa shape index (κ3) is 3.19. The molecule has 0 radical (unpaired) electrons. The number of hydrogen-bond donors (Lipinski definition) is 1. The molecular weight excluding hydrogens is 216 g/mol. The van der Waals surface area contributed by atoms with Gasteiger partial charge in [-0.25, -0.2) is 0 Å². The van der Waals surface area contributed by atoms with Gasteiger partial charge in [-0.3, -0.25) is 14.6 Å². The van der Waals surface area contributed by atoms with Crippen LogP contribution < -0.4 is 0 Å². The maximum atomic E-state index is 10.6. The first-order chi connectivity index (χ1) is 8.06. The maximum absolute atomic E-state index is 10.6. The van der Waals surface area contributed by atoms with Gasteiger partial charge >= 0.3 is 5.97 Å². The van der Waals surface area contributed by atoms with Gasteiger partial charge in [-0.2, -0.15) is 0 Å². The van der Waals surface area contributed by atoms with Crippen LogP contribution in [0.25, 0.3) is 0 Å². The summed E-state index contributed by atoms with van der Waals surface area (Å²) < 4.78 is 0. The van der Waals surface area contributed by atoms with Crippen LogP contribution >= 0.6 is 0 Å². The average Bonchev–Trinajstić information content (AvgIpc) is 2.16. The number of carboxylic acid groups (broad SMARTS) is 1. The van der Waals surface area contributed by atoms with Crippen molar-refractivity contribution in [2.45, 2.75) is 32.7 Å². The minimum atomic E-state index is -0.707. The van der Waals surface area contributed by atoms with Gasteiger partial charge in [0, 0.05) is 32.2 Å². The molecule has 4 heteroatoms. The van der Waals surface area contributed by atoms with Crippen molar-refractivity contribution in [1.82, 2.24) is 9.80 Å². The predicted octanol–water partition coefficient (Wildman–Crippen LogP) is 1.12. The van der Waals surface area contributed by atoms with Gasteiger partial charge in [0.15, 0.2) is 0 Å². The van der Waals surface area contributed by atoms with Crippen LogP contribution in [0.2, 0.25) is 0 Å². The second-order valence-electron chi connectivity index (χ2n) is 5.84. The summed E-state index contributed by atoms with van der Waals surface area (Å²) in [6.07, 6.45) is 2.69. The topological polar surface area (TPSA) is 43.8 Å². The van der Waals surface area contributed by atoms with E-state index in [-0.39, 0.29) is 6.54 Å². The SMILES string of the molecule is CC(C)C1CC(N2CCN(CC(=O)O)CC2)C1. The highest BCUT2D eigenvalue weighted by atomic mass is 16.4. The average molecular weight is 240 g/mol. The van der Waals surface area contributed by atoms with Crippen LogP contribution in [0.15, 0.2) is 0 Å². The molecule has 17 heavy (non-hydrogen) atoms. The lowest BCUT2D eigenvalue weighted by Gasteiger charge is -2.47. The standard InChI is InChI=1S/C13H24N2O2/c1-10(2)11-7-12(8-11)15-5-3-14(4-6-15)9-13(16)17/h10-12H,3-9H2,1-2H3,(H,16,17). The van der Waals surface area contributed by atoms with Gasteiger partial charge in [-0.15, -0.1) is 0 Å². The summed E-state index contributed by atoms with van der Waals surface area (Å²) in [5.74, 6) is 1.03. The Hall–Kier alpha value is -0.610. The highest BCUT2D eigenvalue weighted by Crippen LogP contribution is 2.37. The molecule has 0 amide bonds. The minimum absolute atomic E-state index is 0.202. The molecule has 2 rings (SSSR count). The van der Waals surface area contributed by atoms with E-state index in [2.05, 4.69) is 18.7 Å². The van der Waals surface area contributed by atoms with E-state index >= 15 is 0 Å². The Labute approximate surface area is 104 Å². The van der Waals surface area contributed by atoms with E-state index in [1.807, 2.05) is 4.90 Å². The largest absolute Gasteiger partial charge is 0.480 e. The van der Waals surface area contributed by atoms with Crippen molar-refractivity contribution >= 4 is 5.97 Å². The number of rotatable bonds is 4. The molecular formula is C13H24N2O2. The molecule has 0 spiro atoms. The van der Waals surface area contributed by atoms with Gasteiger partial charge < -0.3 is 5.11 Å². The molecule has 1 saturated heterocycles. The Kier molecular flexibility index (Phi) is 4.05. The zero-order chi connectivity index (χ0) is 12.4. The summed E-state index contributed by atoms with van der Waals surface area (Å²) in [6, 6.07) is 0.773. The molecule has 0 unspecified atom stereocenters. The zero-order valence-corrected chi connectivity index (χ0v) is 10.9. The molecule has 1 N–H and O–H groups in total. The Balaban J connectivity index is 1.68. The summed E-state index contributed by atoms with van der Waals surface area (Å²) in [7, 11) is 0. The molecule has 2 aliphatic rings. The van der Waals surface area contributed by atoms with Crippen molar-refractivity contribution in [2.75, 3.05) is 32.7 Å². The second-order valence-corrected chi connectivity index (χ2v) is 5.84. The third-order valence-corrected chi connectivity index (χ3v) is 4.37. The Morgan fingerprint density at radius 1 is 1.24 bits per heavy atom. The van der Waals surface area contributed by atoms with Crippen LogP contribution in [0.4, 0.5) is 0 Å². The smallest absolute Gasteiger partial charge is 0.317 e. The van der Waals surface area contributed by atoms with E-state index < -0.39 is 5.97 Å². The predicted molar refractivity (Wildman–Crippen MR) is 67.0 cm³/mol. The lowest BCUT2D eigenvalue weighted by Crippen LogP contribution is -2.55. The molecule has 1 heterocycles. The fraction of sp³-hybridized carbons (Fsp3) is 0.923. The third-order valence-electron chi connectivity index (χ3n) is 4.37. The van der Waals surface area contributed by atoms with Crippen LogP contribution in [0.5, 0.6) is 0 Å². The molecule has 1 aliphatic carbocycles. The lowest BCUT2D eigenvalue weighted by atomic mass is 9.73. The van der Waals surface area contributed by atoms with Gasteiger partial charge in [0.25, 0.3) is 0 Å². The molecule has 0 aromatic carbocycles. The van der Waals surface area contributed by atoms with Crippen LogP contribution in [-0.2, 0) is 4.79 Å². The van der Waals surface area contributed by atoms with Crippen LogP contribution in [-0.4, -0.2) is 59.6 Å². The molecule has 98 valence electrons. The lowest BCUT2D eigenvalue weighted by molar-refractivity contribution is -0.138. The normalized spacial score (nSPS) is 31.5. The minimum Gasteiger partial charge on any atom is -0.480 e. The van der Waals surface area contributed by atoms with E-state index in [4.69, 9.17) is 5.11 Å². The molecule has 0 aromatic rings. The second kappa shape index (κ2) is 5.36. The van der Waals surface area contributed by atoms with E-state index in [1.54, 1.807) is 0 Å². The first-order valence-corrected chi connectivity index (χ1v) is 6.74. The van der Waals surface area contributed by atoms with Crippen LogP contribution in [0.3, 0.4) is 0 Å². The highest BCUT2D eigenvalue weighted by molar-refractivity contribution is 5.69. The Morgan fingerprint density at radius 2 is 1.82 bits per heavy atom. The molecule has 4 nitrogen and oxygen atoms in total. The van der Waals surface area contributed by atoms with Crippen molar-refractivity contribution < 1.29 is 9.90 Å². The van der Waals surface area contributed by atoms with Crippen molar-refractivity contribution in [3.8, 4) is 0 Å². The van der Waals surface area contributed by atoms with Crippen LogP contribution in [0.1, 0.15) is 26.7 Å². The fourth-order valence-electron chi connectivity index (χ4n) is 2.95. The van der Waals surface area contributed by atoms with Gasteiger partial charge in [0.05, 0.1) is 6.54 Å². The highest BCUT2D eigenvalue weighted by Gasteiger charge is 2.36. The molecule has 1 aliphatic heterocycles. The first kappa shape index (κ1) is 12.8. The van der Waals surface area contributed by atoms with Crippen LogP contribution in [0, 0.1) is 11.8 Å². The molecule has 0 bridgehead atoms. The van der Waals surface area contributed by atoms with E-state index in [0.29, 0.717) is 0 Å². The zero-order valence-electron chi connectivity index (χ0n) is 10.9. The number of aliphatic carboxylic acids is 1. The van der Waals surface area contributed by atoms with Crippen molar-refractivity contribution in [3.05, 3.63) is 0 Å². The quantitative estimate of drug-likeness (QED) is 0.800. The molecule has 0 aromatic heterocycles. The van der Waals surface area contributed by atoms with Crippen molar-refractivity contribution in [1.29, 1.82) is 0 Å². The molecule has 1 saturated carbocycles. The first-order valence-electron chi connectivity index (χ1n) is 6.74. The summed E-state index contributed by atoms with van der Waals surface area (Å²) in [4.78, 5) is 15.2. The van der Waals surface area contributed by atoms with E-state index in [0.717, 1.165) is 44.1 Å². The summed E-state index contributed by atoms with van der Waals surface area (Å²) >= 11 is 0. The monoisotopic (exact) mass is 240 g/mol. The van der Waals surface area contributed by atoms with Crippen molar-refractivity contribution in [3.63, 3.8) is 0 Å². The number of piperazine rings is 1. The molecule has 2 fully saturated rings. The van der Waals surface area contributed by atoms with Gasteiger partial charge in [0.1, 0.15) is 0 Å². The molecule has 0 atom stereocenters. The Morgan fingerprint density at radius 3 is 2.29 bits per heavy atom. The van der Waals surface area contributed by atoms with Gasteiger partial charge in [-0.1, -0.05) is 13.8 Å². The van der Waals surface area contributed by atoms with E-state index in [9.17, 15) is 4.79 Å². The number of hydrogen-bond acceptors (Lipinski definition) is 3. The van der Waals surface area contributed by atoms with E-state index in [1.165, 1.54) is 12.8 Å². The number of nitrogens with zero attached hydrogens (tertiary/aromatic N) is 2. The summed E-state index contributed by atoms with van der Waals surface area (Å²) in [5.41, 5.74) is 0. The number of carbonyl (C=O) groups is 1. The maximum Gasteiger partial charge on any atom is 0.317 e. The summed E-state index contributed by atoms with van der Waals surface area (Å²) in [6.45, 7) is 8.74.